The number of hydrogen-bond acceptors (Lipinski definition) is 4. The Morgan fingerprint density at radius 3 is 2.58 bits per heavy atom. The Bertz CT molecular complexity index is 498. The molecule has 0 unspecified atom stereocenters. The molecule has 1 aromatic rings. The maximum Gasteiger partial charge on any atom is 0.214 e. The highest BCUT2D eigenvalue weighted by molar-refractivity contribution is 7.89. The fraction of sp³-hybridized carbons (Fsp3) is 0.615. The fourth-order valence-electron chi connectivity index (χ4n) is 2.37. The van der Waals surface area contributed by atoms with Crippen LogP contribution in [0.3, 0.4) is 0 Å². The molecule has 0 radical (unpaired) electrons. The maximum atomic E-state index is 12.1. The minimum absolute atomic E-state index is 0.145. The van der Waals surface area contributed by atoms with Gasteiger partial charge in [0.1, 0.15) is 0 Å². The van der Waals surface area contributed by atoms with Gasteiger partial charge in [-0.05, 0) is 42.9 Å². The van der Waals surface area contributed by atoms with Gasteiger partial charge in [-0.25, -0.2) is 12.7 Å². The van der Waals surface area contributed by atoms with Gasteiger partial charge in [-0.1, -0.05) is 0 Å². The SMILES string of the molecule is CN(CC1CC(N)C1)S(=O)(=O)CCc1ccncc1. The van der Waals surface area contributed by atoms with E-state index in [2.05, 4.69) is 4.98 Å². The summed E-state index contributed by atoms with van der Waals surface area (Å²) in [4.78, 5) is 3.92. The van der Waals surface area contributed by atoms with Crippen LogP contribution in [-0.4, -0.2) is 43.1 Å². The molecule has 6 heteroatoms. The average Bonchev–Trinajstić information content (AvgIpc) is 2.36. The fourth-order valence-corrected chi connectivity index (χ4v) is 3.61. The highest BCUT2D eigenvalue weighted by Gasteiger charge is 2.29. The van der Waals surface area contributed by atoms with Crippen LogP contribution < -0.4 is 5.73 Å². The first-order valence-corrected chi connectivity index (χ1v) is 8.17. The standard InChI is InChI=1S/C13H21N3O2S/c1-16(10-12-8-13(14)9-12)19(17,18)7-4-11-2-5-15-6-3-11/h2-3,5-6,12-13H,4,7-10,14H2,1H3. The van der Waals surface area contributed by atoms with E-state index < -0.39 is 10.0 Å². The lowest BCUT2D eigenvalue weighted by Crippen LogP contribution is -2.43. The third-order valence-electron chi connectivity index (χ3n) is 3.66. The van der Waals surface area contributed by atoms with Gasteiger partial charge in [-0.2, -0.15) is 0 Å². The van der Waals surface area contributed by atoms with E-state index in [1.807, 2.05) is 12.1 Å². The largest absolute Gasteiger partial charge is 0.328 e. The lowest BCUT2D eigenvalue weighted by atomic mass is 9.81. The van der Waals surface area contributed by atoms with Crippen LogP contribution >= 0.6 is 0 Å². The third kappa shape index (κ3) is 3.99. The van der Waals surface area contributed by atoms with Crippen molar-refractivity contribution in [3.8, 4) is 0 Å². The van der Waals surface area contributed by atoms with Gasteiger partial charge in [0.25, 0.3) is 0 Å². The van der Waals surface area contributed by atoms with Crippen molar-refractivity contribution in [2.75, 3.05) is 19.3 Å². The predicted octanol–water partition coefficient (Wildman–Crippen LogP) is 0.623. The Labute approximate surface area is 114 Å². The van der Waals surface area contributed by atoms with E-state index >= 15 is 0 Å². The monoisotopic (exact) mass is 283 g/mol. The normalized spacial score (nSPS) is 23.3. The van der Waals surface area contributed by atoms with E-state index in [-0.39, 0.29) is 11.8 Å². The summed E-state index contributed by atoms with van der Waals surface area (Å²) in [6, 6.07) is 3.96. The molecule has 2 N–H and O–H groups in total. The zero-order chi connectivity index (χ0) is 13.9. The number of nitrogens with zero attached hydrogens (tertiary/aromatic N) is 2. The number of sulfonamides is 1. The lowest BCUT2D eigenvalue weighted by Gasteiger charge is -2.34. The van der Waals surface area contributed by atoms with Crippen LogP contribution in [0.1, 0.15) is 18.4 Å². The number of rotatable bonds is 6. The Balaban J connectivity index is 1.84. The van der Waals surface area contributed by atoms with Crippen LogP contribution in [0, 0.1) is 5.92 Å². The topological polar surface area (TPSA) is 76.3 Å². The van der Waals surface area contributed by atoms with E-state index in [0.717, 1.165) is 18.4 Å². The highest BCUT2D eigenvalue weighted by atomic mass is 32.2. The molecular weight excluding hydrogens is 262 g/mol. The zero-order valence-corrected chi connectivity index (χ0v) is 12.0. The summed E-state index contributed by atoms with van der Waals surface area (Å²) in [5, 5.41) is 0. The van der Waals surface area contributed by atoms with E-state index in [4.69, 9.17) is 5.73 Å². The molecule has 2 rings (SSSR count). The van der Waals surface area contributed by atoms with Crippen molar-refractivity contribution >= 4 is 10.0 Å². The van der Waals surface area contributed by atoms with E-state index in [0.29, 0.717) is 18.9 Å². The molecule has 0 bridgehead atoms. The zero-order valence-electron chi connectivity index (χ0n) is 11.2. The molecule has 0 spiro atoms. The Morgan fingerprint density at radius 2 is 2.00 bits per heavy atom. The molecule has 1 saturated carbocycles. The van der Waals surface area contributed by atoms with Crippen molar-refractivity contribution < 1.29 is 8.42 Å². The van der Waals surface area contributed by atoms with E-state index in [9.17, 15) is 8.42 Å². The molecule has 1 aliphatic rings. The summed E-state index contributed by atoms with van der Waals surface area (Å²) in [6.07, 6.45) is 5.76. The molecule has 106 valence electrons. The van der Waals surface area contributed by atoms with Gasteiger partial charge >= 0.3 is 0 Å². The van der Waals surface area contributed by atoms with Gasteiger partial charge in [0, 0.05) is 32.0 Å². The second-order valence-electron chi connectivity index (χ2n) is 5.30. The molecule has 0 saturated heterocycles. The summed E-state index contributed by atoms with van der Waals surface area (Å²) >= 11 is 0. The second-order valence-corrected chi connectivity index (χ2v) is 7.49. The van der Waals surface area contributed by atoms with Crippen molar-refractivity contribution in [2.24, 2.45) is 11.7 Å². The van der Waals surface area contributed by atoms with Crippen molar-refractivity contribution in [3.63, 3.8) is 0 Å². The molecule has 19 heavy (non-hydrogen) atoms. The predicted molar refractivity (Wildman–Crippen MR) is 75.1 cm³/mol. The number of aryl methyl sites for hydroxylation is 1. The molecule has 1 fully saturated rings. The summed E-state index contributed by atoms with van der Waals surface area (Å²) in [5.74, 6) is 0.572. The molecular formula is C13H21N3O2S. The van der Waals surface area contributed by atoms with Crippen molar-refractivity contribution in [1.82, 2.24) is 9.29 Å². The summed E-state index contributed by atoms with van der Waals surface area (Å²) in [6.45, 7) is 0.590. The Morgan fingerprint density at radius 1 is 1.37 bits per heavy atom. The summed E-state index contributed by atoms with van der Waals surface area (Å²) < 4.78 is 25.8. The first kappa shape index (κ1) is 14.4. The minimum Gasteiger partial charge on any atom is -0.328 e. The van der Waals surface area contributed by atoms with Crippen molar-refractivity contribution in [2.45, 2.75) is 25.3 Å². The van der Waals surface area contributed by atoms with Crippen LogP contribution in [0.2, 0.25) is 0 Å². The first-order valence-electron chi connectivity index (χ1n) is 6.56. The van der Waals surface area contributed by atoms with Gasteiger partial charge in [0.2, 0.25) is 10.0 Å². The number of aromatic nitrogens is 1. The van der Waals surface area contributed by atoms with Gasteiger partial charge in [0.05, 0.1) is 5.75 Å². The minimum atomic E-state index is -3.18. The highest BCUT2D eigenvalue weighted by Crippen LogP contribution is 2.26. The van der Waals surface area contributed by atoms with Gasteiger partial charge in [-0.3, -0.25) is 4.98 Å². The molecule has 5 nitrogen and oxygen atoms in total. The van der Waals surface area contributed by atoms with Crippen LogP contribution in [0.5, 0.6) is 0 Å². The smallest absolute Gasteiger partial charge is 0.214 e. The first-order chi connectivity index (χ1) is 8.97. The van der Waals surface area contributed by atoms with Crippen LogP contribution in [-0.2, 0) is 16.4 Å². The maximum absolute atomic E-state index is 12.1. The van der Waals surface area contributed by atoms with Gasteiger partial charge < -0.3 is 5.73 Å². The summed E-state index contributed by atoms with van der Waals surface area (Å²) in [7, 11) is -1.52. The van der Waals surface area contributed by atoms with E-state index in [1.54, 1.807) is 19.4 Å². The summed E-state index contributed by atoms with van der Waals surface area (Å²) in [5.41, 5.74) is 6.71. The third-order valence-corrected chi connectivity index (χ3v) is 5.48. The molecule has 0 amide bonds. The molecule has 1 aromatic heterocycles. The van der Waals surface area contributed by atoms with Gasteiger partial charge in [0.15, 0.2) is 0 Å². The molecule has 1 aliphatic carbocycles. The lowest BCUT2D eigenvalue weighted by molar-refractivity contribution is 0.227. The molecule has 0 atom stereocenters. The number of pyridine rings is 1. The van der Waals surface area contributed by atoms with Crippen LogP contribution in [0.25, 0.3) is 0 Å². The van der Waals surface area contributed by atoms with Crippen molar-refractivity contribution in [1.29, 1.82) is 0 Å². The van der Waals surface area contributed by atoms with Crippen LogP contribution in [0.4, 0.5) is 0 Å². The van der Waals surface area contributed by atoms with Gasteiger partial charge in [-0.15, -0.1) is 0 Å². The quantitative estimate of drug-likeness (QED) is 0.830. The number of hydrogen-bond donors (Lipinski definition) is 1. The molecule has 0 aliphatic heterocycles. The Hall–Kier alpha value is -0.980. The molecule has 1 heterocycles. The van der Waals surface area contributed by atoms with E-state index in [1.165, 1.54) is 4.31 Å². The second kappa shape index (κ2) is 5.98. The Kier molecular flexibility index (Phi) is 4.54. The van der Waals surface area contributed by atoms with Crippen LogP contribution in [0.15, 0.2) is 24.5 Å². The van der Waals surface area contributed by atoms with Crippen molar-refractivity contribution in [3.05, 3.63) is 30.1 Å². The number of nitrogens with two attached hydrogens (primary N) is 1. The average molecular weight is 283 g/mol. The molecule has 0 aromatic carbocycles.